The van der Waals surface area contributed by atoms with Crippen molar-refractivity contribution >= 4 is 34.7 Å². The molecule has 0 aliphatic rings. The number of nitrogens with two attached hydrogens (primary N) is 1. The monoisotopic (exact) mass is 373 g/mol. The molecule has 4 N–H and O–H groups in total. The average molecular weight is 373 g/mol. The molecule has 11 heteroatoms. The van der Waals surface area contributed by atoms with Gasteiger partial charge in [-0.1, -0.05) is 0 Å². The highest BCUT2D eigenvalue weighted by Gasteiger charge is 2.15. The molecule has 11 nitrogen and oxygen atoms in total. The van der Waals surface area contributed by atoms with Crippen LogP contribution in [-0.4, -0.2) is 55.5 Å². The summed E-state index contributed by atoms with van der Waals surface area (Å²) >= 11 is 0. The van der Waals surface area contributed by atoms with Crippen molar-refractivity contribution in [1.29, 1.82) is 0 Å². The fraction of sp³-hybridized carbons (Fsp3) is 0.438. The zero-order chi connectivity index (χ0) is 19.4. The number of amides is 1. The van der Waals surface area contributed by atoms with E-state index in [0.29, 0.717) is 42.5 Å². The minimum Gasteiger partial charge on any atom is -0.383 e. The van der Waals surface area contributed by atoms with E-state index >= 15 is 0 Å². The molecule has 3 rings (SSSR count). The number of fused-ring (bicyclic) bond motifs is 1. The number of ether oxygens (including phenoxy) is 1. The summed E-state index contributed by atoms with van der Waals surface area (Å²) in [6.07, 6.45) is 1.54. The predicted molar refractivity (Wildman–Crippen MR) is 101 cm³/mol. The lowest BCUT2D eigenvalue weighted by molar-refractivity contribution is -0.116. The van der Waals surface area contributed by atoms with Crippen molar-refractivity contribution in [2.75, 3.05) is 36.6 Å². The van der Waals surface area contributed by atoms with Gasteiger partial charge in [-0.15, -0.1) is 0 Å². The first-order chi connectivity index (χ1) is 13.0. The Labute approximate surface area is 155 Å². The van der Waals surface area contributed by atoms with E-state index in [4.69, 9.17) is 10.5 Å². The smallest absolute Gasteiger partial charge is 0.245 e. The molecule has 0 atom stereocenters. The number of aromatic nitrogens is 6. The van der Waals surface area contributed by atoms with Crippen LogP contribution in [0.1, 0.15) is 12.6 Å². The number of methoxy groups -OCH3 is 1. The molecular formula is C16H23N9O2. The fourth-order valence-electron chi connectivity index (χ4n) is 2.70. The second-order valence-electron chi connectivity index (χ2n) is 5.93. The van der Waals surface area contributed by atoms with Gasteiger partial charge < -0.3 is 25.7 Å². The van der Waals surface area contributed by atoms with Gasteiger partial charge in [0.05, 0.1) is 18.6 Å². The van der Waals surface area contributed by atoms with Crippen LogP contribution in [0.2, 0.25) is 0 Å². The third-order valence-electron chi connectivity index (χ3n) is 3.86. The Morgan fingerprint density at radius 2 is 2.19 bits per heavy atom. The normalized spacial score (nSPS) is 11.1. The highest BCUT2D eigenvalue weighted by molar-refractivity contribution is 5.91. The second kappa shape index (κ2) is 7.99. The number of anilines is 3. The Bertz CT molecular complexity index is 947. The molecule has 0 saturated heterocycles. The van der Waals surface area contributed by atoms with Crippen LogP contribution in [0.15, 0.2) is 12.4 Å². The molecule has 0 radical (unpaired) electrons. The highest BCUT2D eigenvalue weighted by Crippen LogP contribution is 2.20. The number of nitrogen functional groups attached to an aromatic ring is 1. The quantitative estimate of drug-likeness (QED) is 0.489. The van der Waals surface area contributed by atoms with Crippen LogP contribution in [0.25, 0.3) is 11.2 Å². The van der Waals surface area contributed by atoms with Crippen LogP contribution in [-0.2, 0) is 22.6 Å². The SMILES string of the molecule is CCn1nc(C)cc1NC(=O)Cn1cnc2c(NCCOC)nc(N)nc21. The molecule has 3 heterocycles. The first-order valence-electron chi connectivity index (χ1n) is 8.57. The van der Waals surface area contributed by atoms with E-state index in [2.05, 4.69) is 30.7 Å². The lowest BCUT2D eigenvalue weighted by atomic mass is 10.4. The number of nitrogens with zero attached hydrogens (tertiary/aromatic N) is 6. The standard InChI is InChI=1S/C16H23N9O2/c1-4-25-11(7-10(2)23-25)20-12(26)8-24-9-19-13-14(18-5-6-27-3)21-16(17)22-15(13)24/h7,9H,4-6,8H2,1-3H3,(H,20,26)(H3,17,18,21,22). The molecule has 0 aliphatic carbocycles. The summed E-state index contributed by atoms with van der Waals surface area (Å²) in [5, 5.41) is 10.3. The van der Waals surface area contributed by atoms with Crippen LogP contribution in [0.4, 0.5) is 17.6 Å². The predicted octanol–water partition coefficient (Wildman–Crippen LogP) is 0.630. The maximum atomic E-state index is 12.5. The number of aryl methyl sites for hydroxylation is 2. The molecule has 3 aromatic heterocycles. The first kappa shape index (κ1) is 18.6. The fourth-order valence-corrected chi connectivity index (χ4v) is 2.70. The molecule has 27 heavy (non-hydrogen) atoms. The summed E-state index contributed by atoms with van der Waals surface area (Å²) in [6.45, 7) is 5.61. The van der Waals surface area contributed by atoms with Crippen molar-refractivity contribution in [1.82, 2.24) is 29.3 Å². The number of carbonyl (C=O) groups excluding carboxylic acids is 1. The zero-order valence-electron chi connectivity index (χ0n) is 15.6. The minimum atomic E-state index is -0.213. The van der Waals surface area contributed by atoms with Gasteiger partial charge in [-0.05, 0) is 13.8 Å². The molecule has 0 spiro atoms. The number of nitrogens with one attached hydrogen (secondary N) is 2. The van der Waals surface area contributed by atoms with E-state index in [1.54, 1.807) is 22.7 Å². The third-order valence-corrected chi connectivity index (χ3v) is 3.86. The zero-order valence-corrected chi connectivity index (χ0v) is 15.6. The Kier molecular flexibility index (Phi) is 5.50. The maximum absolute atomic E-state index is 12.5. The minimum absolute atomic E-state index is 0.0401. The highest BCUT2D eigenvalue weighted by atomic mass is 16.5. The molecule has 3 aromatic rings. The van der Waals surface area contributed by atoms with Gasteiger partial charge in [0.1, 0.15) is 12.4 Å². The maximum Gasteiger partial charge on any atom is 0.245 e. The third kappa shape index (κ3) is 4.14. The van der Waals surface area contributed by atoms with Gasteiger partial charge in [0.25, 0.3) is 0 Å². The Morgan fingerprint density at radius 3 is 2.93 bits per heavy atom. The topological polar surface area (TPSA) is 138 Å². The van der Waals surface area contributed by atoms with Gasteiger partial charge in [-0.3, -0.25) is 4.79 Å². The van der Waals surface area contributed by atoms with Gasteiger partial charge in [0, 0.05) is 26.3 Å². The molecule has 0 fully saturated rings. The Hall–Kier alpha value is -3.21. The van der Waals surface area contributed by atoms with Crippen LogP contribution in [0.5, 0.6) is 0 Å². The summed E-state index contributed by atoms with van der Waals surface area (Å²) < 4.78 is 8.38. The van der Waals surface area contributed by atoms with E-state index in [9.17, 15) is 4.79 Å². The van der Waals surface area contributed by atoms with Gasteiger partial charge >= 0.3 is 0 Å². The second-order valence-corrected chi connectivity index (χ2v) is 5.93. The van der Waals surface area contributed by atoms with E-state index in [0.717, 1.165) is 5.69 Å². The van der Waals surface area contributed by atoms with Gasteiger partial charge in [0.15, 0.2) is 17.0 Å². The van der Waals surface area contributed by atoms with E-state index in [1.807, 2.05) is 19.9 Å². The molecule has 0 aromatic carbocycles. The molecule has 1 amide bonds. The van der Waals surface area contributed by atoms with Gasteiger partial charge in [-0.25, -0.2) is 9.67 Å². The number of rotatable bonds is 8. The van der Waals surface area contributed by atoms with Crippen molar-refractivity contribution in [3.05, 3.63) is 18.1 Å². The van der Waals surface area contributed by atoms with E-state index in [1.165, 1.54) is 0 Å². The Morgan fingerprint density at radius 1 is 1.37 bits per heavy atom. The first-order valence-corrected chi connectivity index (χ1v) is 8.57. The average Bonchev–Trinajstić information content (AvgIpc) is 3.18. The number of hydrogen-bond donors (Lipinski definition) is 3. The molecular weight excluding hydrogens is 350 g/mol. The molecule has 0 unspecified atom stereocenters. The molecule has 144 valence electrons. The van der Waals surface area contributed by atoms with Crippen LogP contribution in [0.3, 0.4) is 0 Å². The number of hydrogen-bond acceptors (Lipinski definition) is 8. The number of imidazole rings is 1. The van der Waals surface area contributed by atoms with Crippen LogP contribution >= 0.6 is 0 Å². The van der Waals surface area contributed by atoms with Crippen molar-refractivity contribution in [3.8, 4) is 0 Å². The largest absolute Gasteiger partial charge is 0.383 e. The van der Waals surface area contributed by atoms with Crippen molar-refractivity contribution < 1.29 is 9.53 Å². The molecule has 0 aliphatic heterocycles. The van der Waals surface area contributed by atoms with Crippen molar-refractivity contribution in [2.45, 2.75) is 26.9 Å². The van der Waals surface area contributed by atoms with E-state index in [-0.39, 0.29) is 18.4 Å². The van der Waals surface area contributed by atoms with Crippen molar-refractivity contribution in [3.63, 3.8) is 0 Å². The summed E-state index contributed by atoms with van der Waals surface area (Å²) in [7, 11) is 1.62. The Balaban J connectivity index is 1.79. The lowest BCUT2D eigenvalue weighted by Crippen LogP contribution is -2.20. The summed E-state index contributed by atoms with van der Waals surface area (Å²) in [5.41, 5.74) is 7.67. The summed E-state index contributed by atoms with van der Waals surface area (Å²) in [4.78, 5) is 25.2. The van der Waals surface area contributed by atoms with E-state index < -0.39 is 0 Å². The summed E-state index contributed by atoms with van der Waals surface area (Å²) in [5.74, 6) is 1.05. The van der Waals surface area contributed by atoms with Crippen LogP contribution < -0.4 is 16.4 Å². The number of carbonyl (C=O) groups is 1. The molecule has 0 saturated carbocycles. The van der Waals surface area contributed by atoms with Gasteiger partial charge in [-0.2, -0.15) is 15.1 Å². The lowest BCUT2D eigenvalue weighted by Gasteiger charge is -2.09. The summed E-state index contributed by atoms with van der Waals surface area (Å²) in [6, 6.07) is 1.82. The molecule has 0 bridgehead atoms. The van der Waals surface area contributed by atoms with Gasteiger partial charge in [0.2, 0.25) is 11.9 Å². The van der Waals surface area contributed by atoms with Crippen molar-refractivity contribution in [2.24, 2.45) is 0 Å². The van der Waals surface area contributed by atoms with Crippen LogP contribution in [0, 0.1) is 6.92 Å².